The maximum atomic E-state index is 13.4. The first-order chi connectivity index (χ1) is 22.0. The summed E-state index contributed by atoms with van der Waals surface area (Å²) in [4.78, 5) is 49.7. The Labute approximate surface area is 276 Å². The van der Waals surface area contributed by atoms with Crippen molar-refractivity contribution in [3.63, 3.8) is 0 Å². The average molecular weight is 667 g/mol. The molecule has 14 heteroatoms. The number of rotatable bonds is 7. The molecule has 0 spiro atoms. The van der Waals surface area contributed by atoms with E-state index >= 15 is 0 Å². The number of amidine groups is 1. The minimum atomic E-state index is -1.14. The lowest BCUT2D eigenvalue weighted by Gasteiger charge is -2.41. The number of aromatic nitrogens is 2. The molecule has 1 amide bonds. The molecule has 2 aromatic carbocycles. The normalized spacial score (nSPS) is 22.2. The highest BCUT2D eigenvalue weighted by Gasteiger charge is 2.54. The largest absolute Gasteiger partial charge is 0.461 e. The Morgan fingerprint density at radius 1 is 0.978 bits per heavy atom. The van der Waals surface area contributed by atoms with Crippen molar-refractivity contribution in [1.29, 1.82) is 0 Å². The van der Waals surface area contributed by atoms with Crippen LogP contribution in [0.3, 0.4) is 0 Å². The number of hydrogen-bond acceptors (Lipinski definition) is 12. The fourth-order valence-corrected chi connectivity index (χ4v) is 6.21. The SMILES string of the molecule is CCN(C(=O)OC(C)(C)C)C1=N[C@@H]2[C@H](OC(=S)n3ccnc3)[C@H](OC(=O)c3ccccc3)[C@H](COC(=O)c3ccccc3)O[C@@H]2S1. The molecule has 1 saturated heterocycles. The number of fused-ring (bicyclic) bond motifs is 1. The molecule has 5 rings (SSSR count). The van der Waals surface area contributed by atoms with E-state index in [2.05, 4.69) is 4.98 Å². The van der Waals surface area contributed by atoms with Gasteiger partial charge >= 0.3 is 18.0 Å². The summed E-state index contributed by atoms with van der Waals surface area (Å²) in [7, 11) is 0. The number of ether oxygens (including phenoxy) is 5. The molecule has 0 aliphatic carbocycles. The number of esters is 2. The molecule has 3 heterocycles. The number of aliphatic imine (C=N–C) groups is 1. The number of carbonyl (C=O) groups excluding carboxylic acids is 3. The maximum Gasteiger partial charge on any atom is 0.416 e. The molecule has 3 aromatic rings. The Bertz CT molecular complexity index is 1560. The molecule has 0 unspecified atom stereocenters. The Morgan fingerprint density at radius 3 is 2.22 bits per heavy atom. The molecule has 1 aromatic heterocycles. The molecular weight excluding hydrogens is 633 g/mol. The van der Waals surface area contributed by atoms with Crippen molar-refractivity contribution in [2.24, 2.45) is 4.99 Å². The van der Waals surface area contributed by atoms with Crippen LogP contribution < -0.4 is 0 Å². The number of thioether (sulfide) groups is 1. The summed E-state index contributed by atoms with van der Waals surface area (Å²) in [5.41, 5.74) is -0.799. The van der Waals surface area contributed by atoms with E-state index in [1.165, 1.54) is 27.6 Å². The number of hydrogen-bond donors (Lipinski definition) is 0. The van der Waals surface area contributed by atoms with Crippen molar-refractivity contribution in [2.75, 3.05) is 13.2 Å². The smallest absolute Gasteiger partial charge is 0.416 e. The van der Waals surface area contributed by atoms with Gasteiger partial charge in [-0.2, -0.15) is 0 Å². The first-order valence-electron chi connectivity index (χ1n) is 14.6. The fraction of sp³-hybridized carbons (Fsp3) is 0.375. The predicted molar refractivity (Wildman–Crippen MR) is 174 cm³/mol. The Hall–Kier alpha value is -4.27. The third-order valence-electron chi connectivity index (χ3n) is 6.85. The zero-order valence-corrected chi connectivity index (χ0v) is 27.3. The predicted octanol–water partition coefficient (Wildman–Crippen LogP) is 4.94. The van der Waals surface area contributed by atoms with Gasteiger partial charge in [0, 0.05) is 18.9 Å². The van der Waals surface area contributed by atoms with Gasteiger partial charge in [0.25, 0.3) is 5.17 Å². The van der Waals surface area contributed by atoms with Crippen LogP contribution in [-0.4, -0.2) is 91.4 Å². The second-order valence-electron chi connectivity index (χ2n) is 11.3. The van der Waals surface area contributed by atoms with Crippen molar-refractivity contribution >= 4 is 52.4 Å². The van der Waals surface area contributed by atoms with Gasteiger partial charge in [0.1, 0.15) is 36.1 Å². The third-order valence-corrected chi connectivity index (χ3v) is 8.32. The molecule has 2 aliphatic rings. The van der Waals surface area contributed by atoms with E-state index in [-0.39, 0.29) is 18.3 Å². The molecule has 12 nitrogen and oxygen atoms in total. The molecule has 0 bridgehead atoms. The fourth-order valence-electron chi connectivity index (χ4n) is 4.72. The van der Waals surface area contributed by atoms with Gasteiger partial charge in [-0.05, 0) is 64.2 Å². The van der Waals surface area contributed by atoms with E-state index in [0.29, 0.717) is 16.3 Å². The molecule has 0 N–H and O–H groups in total. The van der Waals surface area contributed by atoms with E-state index in [1.807, 2.05) is 0 Å². The first kappa shape index (κ1) is 33.1. The van der Waals surface area contributed by atoms with Crippen LogP contribution in [0.15, 0.2) is 84.4 Å². The van der Waals surface area contributed by atoms with E-state index in [4.69, 9.17) is 40.9 Å². The van der Waals surface area contributed by atoms with Crippen LogP contribution in [0.2, 0.25) is 0 Å². The molecule has 46 heavy (non-hydrogen) atoms. The van der Waals surface area contributed by atoms with Crippen molar-refractivity contribution in [2.45, 2.75) is 63.1 Å². The van der Waals surface area contributed by atoms with E-state index in [1.54, 1.807) is 101 Å². The van der Waals surface area contributed by atoms with Gasteiger partial charge in [-0.3, -0.25) is 14.5 Å². The minimum Gasteiger partial charge on any atom is -0.461 e. The average Bonchev–Trinajstić information content (AvgIpc) is 3.72. The van der Waals surface area contributed by atoms with Crippen LogP contribution in [-0.2, 0) is 23.7 Å². The summed E-state index contributed by atoms with van der Waals surface area (Å²) in [5, 5.41) is 0.362. The van der Waals surface area contributed by atoms with Crippen LogP contribution >= 0.6 is 24.0 Å². The third kappa shape index (κ3) is 7.92. The molecule has 5 atom stereocenters. The topological polar surface area (TPSA) is 131 Å². The highest BCUT2D eigenvalue weighted by Crippen LogP contribution is 2.40. The van der Waals surface area contributed by atoms with Crippen LogP contribution in [0.4, 0.5) is 4.79 Å². The van der Waals surface area contributed by atoms with Gasteiger partial charge in [-0.1, -0.05) is 48.2 Å². The van der Waals surface area contributed by atoms with Crippen LogP contribution in [0.5, 0.6) is 0 Å². The van der Waals surface area contributed by atoms with E-state index in [0.717, 1.165) is 0 Å². The van der Waals surface area contributed by atoms with E-state index in [9.17, 15) is 14.4 Å². The number of carbonyl (C=O) groups is 3. The molecule has 1 fully saturated rings. The van der Waals surface area contributed by atoms with Gasteiger partial charge in [-0.15, -0.1) is 0 Å². The lowest BCUT2D eigenvalue weighted by molar-refractivity contribution is -0.163. The summed E-state index contributed by atoms with van der Waals surface area (Å²) >= 11 is 6.77. The van der Waals surface area contributed by atoms with Crippen molar-refractivity contribution in [3.05, 3.63) is 90.5 Å². The lowest BCUT2D eigenvalue weighted by Crippen LogP contribution is -2.59. The van der Waals surface area contributed by atoms with Gasteiger partial charge in [0.05, 0.1) is 11.1 Å². The number of imidazole rings is 1. The summed E-state index contributed by atoms with van der Waals surface area (Å²) in [5.74, 6) is -1.23. The Balaban J connectivity index is 1.48. The zero-order chi connectivity index (χ0) is 32.8. The number of benzene rings is 2. The molecule has 0 saturated carbocycles. The van der Waals surface area contributed by atoms with Crippen molar-refractivity contribution in [3.8, 4) is 0 Å². The molecule has 242 valence electrons. The summed E-state index contributed by atoms with van der Waals surface area (Å²) in [6, 6.07) is 16.2. The second-order valence-corrected chi connectivity index (χ2v) is 12.7. The standard InChI is InChI=1S/C32H34N4O8S2/c1-5-36(30(39)44-32(2,3)4)29-34-23-25(43-31(45)35-17-16-33-19-35)24(42-27(38)21-14-10-7-11-15-21)22(41-28(23)46-29)18-40-26(37)20-12-8-6-9-13-20/h6-17,19,22-25,28H,5,18H2,1-4H3/t22-,23+,24+,25-,28+/m0/s1. The minimum absolute atomic E-state index is 0.0251. The Morgan fingerprint density at radius 2 is 1.63 bits per heavy atom. The van der Waals surface area contributed by atoms with E-state index < -0.39 is 53.4 Å². The number of amides is 1. The highest BCUT2D eigenvalue weighted by molar-refractivity contribution is 8.14. The molecular formula is C32H34N4O8S2. The van der Waals surface area contributed by atoms with Crippen LogP contribution in [0, 0.1) is 0 Å². The van der Waals surface area contributed by atoms with Gasteiger partial charge in [0.15, 0.2) is 17.4 Å². The summed E-state index contributed by atoms with van der Waals surface area (Å²) < 4.78 is 31.6. The quantitative estimate of drug-likeness (QED) is 0.193. The maximum absolute atomic E-state index is 13.4. The number of nitrogens with zero attached hydrogens (tertiary/aromatic N) is 4. The van der Waals surface area contributed by atoms with Crippen molar-refractivity contribution < 1.29 is 38.1 Å². The summed E-state index contributed by atoms with van der Waals surface area (Å²) in [6.07, 6.45) is 0.916. The molecule has 0 radical (unpaired) electrons. The first-order valence-corrected chi connectivity index (χ1v) is 15.9. The monoisotopic (exact) mass is 666 g/mol. The van der Waals surface area contributed by atoms with Crippen LogP contribution in [0.1, 0.15) is 48.4 Å². The van der Waals surface area contributed by atoms with Gasteiger partial charge < -0.3 is 23.7 Å². The number of thiocarbonyl (C=S) groups is 1. The Kier molecular flexibility index (Phi) is 10.4. The van der Waals surface area contributed by atoms with Gasteiger partial charge in [0.2, 0.25) is 0 Å². The summed E-state index contributed by atoms with van der Waals surface area (Å²) in [6.45, 7) is 7.12. The molecule has 2 aliphatic heterocycles. The van der Waals surface area contributed by atoms with Crippen LogP contribution in [0.25, 0.3) is 0 Å². The van der Waals surface area contributed by atoms with Crippen molar-refractivity contribution in [1.82, 2.24) is 14.5 Å². The second kappa shape index (κ2) is 14.4. The van der Waals surface area contributed by atoms with Gasteiger partial charge in [-0.25, -0.2) is 19.4 Å². The lowest BCUT2D eigenvalue weighted by atomic mass is 9.97. The highest BCUT2D eigenvalue weighted by atomic mass is 32.2. The zero-order valence-electron chi connectivity index (χ0n) is 25.7.